The van der Waals surface area contributed by atoms with Gasteiger partial charge in [0.2, 0.25) is 0 Å². The van der Waals surface area contributed by atoms with E-state index in [0.29, 0.717) is 0 Å². The number of hydrogen-bond donors (Lipinski definition) is 2. The average molecular weight is 283 g/mol. The molecule has 1 aliphatic heterocycles. The van der Waals surface area contributed by atoms with Gasteiger partial charge in [-0.2, -0.15) is 0 Å². The van der Waals surface area contributed by atoms with Gasteiger partial charge in [-0.25, -0.2) is 0 Å². The number of aliphatic hydroxyl groups is 1. The molecular weight excluding hydrogens is 258 g/mol. The summed E-state index contributed by atoms with van der Waals surface area (Å²) in [5.74, 6) is 7.01. The van der Waals surface area contributed by atoms with Crippen LogP contribution >= 0.6 is 0 Å². The van der Waals surface area contributed by atoms with Crippen molar-refractivity contribution in [2.45, 2.75) is 44.6 Å². The van der Waals surface area contributed by atoms with Gasteiger partial charge in [-0.05, 0) is 56.8 Å². The predicted molar refractivity (Wildman–Crippen MR) is 85.8 cm³/mol. The van der Waals surface area contributed by atoms with Crippen LogP contribution in [0.3, 0.4) is 0 Å². The lowest BCUT2D eigenvalue weighted by atomic mass is 9.73. The lowest BCUT2D eigenvalue weighted by Crippen LogP contribution is -2.34. The highest BCUT2D eigenvalue weighted by Crippen LogP contribution is 2.46. The van der Waals surface area contributed by atoms with Gasteiger partial charge >= 0.3 is 0 Å². The summed E-state index contributed by atoms with van der Waals surface area (Å²) in [5.41, 5.74) is 1.03. The van der Waals surface area contributed by atoms with Crippen LogP contribution in [0.5, 0.6) is 0 Å². The summed E-state index contributed by atoms with van der Waals surface area (Å²) in [6.45, 7) is 2.24. The van der Waals surface area contributed by atoms with Crippen LogP contribution in [-0.2, 0) is 0 Å². The first-order chi connectivity index (χ1) is 10.3. The zero-order valence-corrected chi connectivity index (χ0v) is 12.6. The predicted octanol–water partition coefficient (Wildman–Crippen LogP) is 2.96. The molecule has 2 heteroatoms. The molecule has 1 saturated carbocycles. The fourth-order valence-corrected chi connectivity index (χ4v) is 3.96. The zero-order valence-electron chi connectivity index (χ0n) is 12.6. The second kappa shape index (κ2) is 6.64. The Balaban J connectivity index is 1.72. The van der Waals surface area contributed by atoms with E-state index in [1.54, 1.807) is 0 Å². The van der Waals surface area contributed by atoms with E-state index in [1.165, 1.54) is 19.3 Å². The molecule has 1 saturated heterocycles. The molecule has 2 unspecified atom stereocenters. The number of benzene rings is 1. The molecule has 0 bridgehead atoms. The van der Waals surface area contributed by atoms with Gasteiger partial charge in [0, 0.05) is 11.0 Å². The second-order valence-corrected chi connectivity index (χ2v) is 6.67. The first-order valence-electron chi connectivity index (χ1n) is 8.24. The largest absolute Gasteiger partial charge is 0.380 e. The van der Waals surface area contributed by atoms with Crippen LogP contribution in [0.4, 0.5) is 0 Å². The third-order valence-electron chi connectivity index (χ3n) is 5.16. The highest BCUT2D eigenvalue weighted by molar-refractivity contribution is 5.35. The Hall–Kier alpha value is -1.30. The lowest BCUT2D eigenvalue weighted by molar-refractivity contribution is 0.0529. The van der Waals surface area contributed by atoms with Crippen LogP contribution in [0, 0.1) is 23.2 Å². The van der Waals surface area contributed by atoms with Crippen molar-refractivity contribution >= 4 is 0 Å². The van der Waals surface area contributed by atoms with Crippen molar-refractivity contribution in [2.24, 2.45) is 11.3 Å². The van der Waals surface area contributed by atoms with Gasteiger partial charge in [0.05, 0.1) is 0 Å². The van der Waals surface area contributed by atoms with Crippen molar-refractivity contribution in [2.75, 3.05) is 13.1 Å². The van der Waals surface area contributed by atoms with Crippen LogP contribution in [0.1, 0.15) is 44.1 Å². The van der Waals surface area contributed by atoms with E-state index in [1.807, 2.05) is 30.3 Å². The van der Waals surface area contributed by atoms with Crippen LogP contribution in [0.15, 0.2) is 30.3 Å². The Kier molecular flexibility index (Phi) is 4.63. The molecule has 1 aromatic carbocycles. The molecular formula is C19H25NO. The molecule has 112 valence electrons. The summed E-state index contributed by atoms with van der Waals surface area (Å²) in [6, 6.07) is 9.98. The first-order valence-corrected chi connectivity index (χ1v) is 8.24. The third kappa shape index (κ3) is 3.48. The number of aliphatic hydroxyl groups excluding tert-OH is 1. The summed E-state index contributed by atoms with van der Waals surface area (Å²) in [6.07, 6.45) is 6.64. The lowest BCUT2D eigenvalue weighted by Gasteiger charge is -2.33. The van der Waals surface area contributed by atoms with Crippen LogP contribution < -0.4 is 5.32 Å². The molecule has 1 heterocycles. The smallest absolute Gasteiger partial charge is 0.120 e. The minimum atomic E-state index is -0.485. The Labute approximate surface area is 128 Å². The SMILES string of the molecule is OC(C#Cc1ccccc1)C1(CC2CCNC2)CCCC1. The third-order valence-corrected chi connectivity index (χ3v) is 5.16. The maximum Gasteiger partial charge on any atom is 0.120 e. The summed E-state index contributed by atoms with van der Waals surface area (Å²) in [4.78, 5) is 0. The van der Waals surface area contributed by atoms with Gasteiger partial charge < -0.3 is 10.4 Å². The first kappa shape index (κ1) is 14.6. The van der Waals surface area contributed by atoms with Crippen molar-refractivity contribution in [1.82, 2.24) is 5.32 Å². The Bertz CT molecular complexity index is 501. The molecule has 2 N–H and O–H groups in total. The van der Waals surface area contributed by atoms with Crippen LogP contribution in [0.25, 0.3) is 0 Å². The fourth-order valence-electron chi connectivity index (χ4n) is 3.96. The van der Waals surface area contributed by atoms with E-state index in [-0.39, 0.29) is 5.41 Å². The van der Waals surface area contributed by atoms with E-state index >= 15 is 0 Å². The zero-order chi connectivity index (χ0) is 14.5. The normalized spacial score (nSPS) is 25.3. The molecule has 1 aromatic rings. The second-order valence-electron chi connectivity index (χ2n) is 6.67. The minimum Gasteiger partial charge on any atom is -0.380 e. The molecule has 2 nitrogen and oxygen atoms in total. The van der Waals surface area contributed by atoms with Crippen molar-refractivity contribution in [3.8, 4) is 11.8 Å². The van der Waals surface area contributed by atoms with E-state index in [0.717, 1.165) is 43.8 Å². The molecule has 1 aliphatic carbocycles. The highest BCUT2D eigenvalue weighted by Gasteiger charge is 2.41. The van der Waals surface area contributed by atoms with Crippen molar-refractivity contribution in [3.05, 3.63) is 35.9 Å². The summed E-state index contributed by atoms with van der Waals surface area (Å²) < 4.78 is 0. The quantitative estimate of drug-likeness (QED) is 0.836. The number of rotatable bonds is 3. The average Bonchev–Trinajstić information content (AvgIpc) is 3.19. The maximum atomic E-state index is 10.7. The molecule has 0 spiro atoms. The molecule has 21 heavy (non-hydrogen) atoms. The van der Waals surface area contributed by atoms with Gasteiger partial charge in [0.1, 0.15) is 6.10 Å². The minimum absolute atomic E-state index is 0.0401. The highest BCUT2D eigenvalue weighted by atomic mass is 16.3. The van der Waals surface area contributed by atoms with E-state index in [9.17, 15) is 5.11 Å². The van der Waals surface area contributed by atoms with Gasteiger partial charge in [-0.3, -0.25) is 0 Å². The van der Waals surface area contributed by atoms with E-state index in [4.69, 9.17) is 0 Å². The fraction of sp³-hybridized carbons (Fsp3) is 0.579. The Morgan fingerprint density at radius 2 is 2.00 bits per heavy atom. The van der Waals surface area contributed by atoms with Gasteiger partial charge in [0.25, 0.3) is 0 Å². The molecule has 2 aliphatic rings. The van der Waals surface area contributed by atoms with Gasteiger partial charge in [0.15, 0.2) is 0 Å². The molecule has 0 radical (unpaired) electrons. The summed E-state index contributed by atoms with van der Waals surface area (Å²) in [7, 11) is 0. The van der Waals surface area contributed by atoms with Crippen LogP contribution in [0.2, 0.25) is 0 Å². The molecule has 3 rings (SSSR count). The Morgan fingerprint density at radius 3 is 2.67 bits per heavy atom. The standard InChI is InChI=1S/C19H25NO/c21-18(9-8-16-6-2-1-3-7-16)19(11-4-5-12-19)14-17-10-13-20-15-17/h1-3,6-7,17-18,20-21H,4-5,10-15H2. The van der Waals surface area contributed by atoms with E-state index in [2.05, 4.69) is 17.2 Å². The van der Waals surface area contributed by atoms with Gasteiger partial charge in [-0.1, -0.05) is 42.9 Å². The number of hydrogen-bond acceptors (Lipinski definition) is 2. The van der Waals surface area contributed by atoms with Crippen molar-refractivity contribution < 1.29 is 5.11 Å². The van der Waals surface area contributed by atoms with Crippen molar-refractivity contribution in [3.63, 3.8) is 0 Å². The van der Waals surface area contributed by atoms with Crippen LogP contribution in [-0.4, -0.2) is 24.3 Å². The summed E-state index contributed by atoms with van der Waals surface area (Å²) >= 11 is 0. The molecule has 2 fully saturated rings. The molecule has 2 atom stereocenters. The van der Waals surface area contributed by atoms with Crippen molar-refractivity contribution in [1.29, 1.82) is 0 Å². The molecule has 0 amide bonds. The van der Waals surface area contributed by atoms with Gasteiger partial charge in [-0.15, -0.1) is 0 Å². The Morgan fingerprint density at radius 1 is 1.24 bits per heavy atom. The van der Waals surface area contributed by atoms with E-state index < -0.39 is 6.10 Å². The monoisotopic (exact) mass is 283 g/mol. The maximum absolute atomic E-state index is 10.7. The topological polar surface area (TPSA) is 32.3 Å². The number of nitrogens with one attached hydrogen (secondary N) is 1. The summed E-state index contributed by atoms with van der Waals surface area (Å²) in [5, 5.41) is 14.2. The molecule has 0 aromatic heterocycles.